The maximum Gasteiger partial charge on any atom is 0.363 e. The molecule has 2 rings (SSSR count). The van der Waals surface area contributed by atoms with E-state index in [9.17, 15) is 4.79 Å². The molecule has 0 radical (unpaired) electrons. The molecule has 0 saturated heterocycles. The Hall–Kier alpha value is -2.17. The quantitative estimate of drug-likeness (QED) is 0.798. The van der Waals surface area contributed by atoms with Gasteiger partial charge in [-0.05, 0) is 31.0 Å². The Balaban J connectivity index is 2.34. The lowest BCUT2D eigenvalue weighted by Gasteiger charge is -2.09. The third-order valence-electron chi connectivity index (χ3n) is 2.44. The van der Waals surface area contributed by atoms with E-state index in [1.54, 1.807) is 0 Å². The van der Waals surface area contributed by atoms with Crippen molar-refractivity contribution in [3.63, 3.8) is 0 Å². The molecule has 2 aromatic rings. The van der Waals surface area contributed by atoms with E-state index in [2.05, 4.69) is 20.5 Å². The molecule has 1 aromatic carbocycles. The number of hydrogen-bond acceptors (Lipinski definition) is 4. The number of hydrogen-bond donors (Lipinski definition) is 2. The number of aryl methyl sites for hydroxylation is 1. The van der Waals surface area contributed by atoms with Crippen LogP contribution in [-0.4, -0.2) is 15.2 Å². The first-order valence-electron chi connectivity index (χ1n) is 4.92. The number of nitrogens with one attached hydrogen (secondary N) is 2. The first kappa shape index (κ1) is 10.4. The van der Waals surface area contributed by atoms with Crippen molar-refractivity contribution >= 4 is 11.5 Å². The monoisotopic (exact) mass is 216 g/mol. The van der Waals surface area contributed by atoms with Crippen molar-refractivity contribution in [2.75, 3.05) is 5.32 Å². The Morgan fingerprint density at radius 3 is 2.88 bits per heavy atom. The zero-order chi connectivity index (χ0) is 11.5. The second-order valence-electron chi connectivity index (χ2n) is 3.54. The minimum absolute atomic E-state index is 0.442. The third kappa shape index (κ3) is 2.08. The molecule has 2 N–H and O–H groups in total. The molecule has 0 saturated carbocycles. The number of nitrogens with zero attached hydrogens (tertiary/aromatic N) is 2. The second-order valence-corrected chi connectivity index (χ2v) is 3.54. The fraction of sp³-hybridized carbons (Fsp3) is 0.182. The molecule has 5 heteroatoms. The molecule has 0 aliphatic rings. The van der Waals surface area contributed by atoms with Crippen LogP contribution in [0, 0.1) is 13.8 Å². The normalized spacial score (nSPS) is 10.1. The molecule has 0 bridgehead atoms. The molecule has 1 heterocycles. The number of anilines is 2. The van der Waals surface area contributed by atoms with Gasteiger partial charge in [0.15, 0.2) is 5.82 Å². The van der Waals surface area contributed by atoms with Gasteiger partial charge in [-0.15, -0.1) is 0 Å². The maximum atomic E-state index is 11.0. The molecular formula is C11H12N4O. The van der Waals surface area contributed by atoms with Crippen LogP contribution in [0.1, 0.15) is 11.1 Å². The van der Waals surface area contributed by atoms with Gasteiger partial charge in [-0.3, -0.25) is 0 Å². The summed E-state index contributed by atoms with van der Waals surface area (Å²) in [5.74, 6) is 0.442. The van der Waals surface area contributed by atoms with Crippen LogP contribution in [0.2, 0.25) is 0 Å². The number of aromatic nitrogens is 3. The molecule has 0 fully saturated rings. The average Bonchev–Trinajstić information content (AvgIpc) is 2.25. The third-order valence-corrected chi connectivity index (χ3v) is 2.44. The SMILES string of the molecule is Cc1cccc(Nc2cn[nH]c(=O)n2)c1C. The summed E-state index contributed by atoms with van der Waals surface area (Å²) in [6.07, 6.45) is 1.48. The highest BCUT2D eigenvalue weighted by Gasteiger charge is 2.02. The van der Waals surface area contributed by atoms with Gasteiger partial charge in [-0.25, -0.2) is 9.89 Å². The summed E-state index contributed by atoms with van der Waals surface area (Å²) in [6.45, 7) is 4.04. The van der Waals surface area contributed by atoms with Crippen molar-refractivity contribution in [1.29, 1.82) is 0 Å². The van der Waals surface area contributed by atoms with Crippen LogP contribution >= 0.6 is 0 Å². The molecule has 0 amide bonds. The summed E-state index contributed by atoms with van der Waals surface area (Å²) in [4.78, 5) is 14.7. The molecular weight excluding hydrogens is 204 g/mol. The Morgan fingerprint density at radius 1 is 1.31 bits per heavy atom. The summed E-state index contributed by atoms with van der Waals surface area (Å²) < 4.78 is 0. The highest BCUT2D eigenvalue weighted by atomic mass is 16.1. The number of rotatable bonds is 2. The molecule has 5 nitrogen and oxygen atoms in total. The summed E-state index contributed by atoms with van der Waals surface area (Å²) in [6, 6.07) is 5.92. The number of aromatic amines is 1. The summed E-state index contributed by atoms with van der Waals surface area (Å²) in [5, 5.41) is 8.96. The van der Waals surface area contributed by atoms with Gasteiger partial charge in [0, 0.05) is 5.69 Å². The van der Waals surface area contributed by atoms with Gasteiger partial charge in [-0.2, -0.15) is 10.1 Å². The minimum atomic E-state index is -0.463. The van der Waals surface area contributed by atoms with E-state index in [0.717, 1.165) is 11.3 Å². The van der Waals surface area contributed by atoms with Crippen LogP contribution in [0.15, 0.2) is 29.2 Å². The number of H-pyrrole nitrogens is 1. The smallest absolute Gasteiger partial charge is 0.338 e. The van der Waals surface area contributed by atoms with E-state index < -0.39 is 5.69 Å². The second kappa shape index (κ2) is 4.14. The van der Waals surface area contributed by atoms with Crippen LogP contribution in [0.3, 0.4) is 0 Å². The molecule has 0 unspecified atom stereocenters. The van der Waals surface area contributed by atoms with Gasteiger partial charge in [0.2, 0.25) is 0 Å². The fourth-order valence-electron chi connectivity index (χ4n) is 1.40. The van der Waals surface area contributed by atoms with Gasteiger partial charge in [0.1, 0.15) is 0 Å². The zero-order valence-electron chi connectivity index (χ0n) is 9.11. The molecule has 16 heavy (non-hydrogen) atoms. The van der Waals surface area contributed by atoms with Crippen LogP contribution in [0.25, 0.3) is 0 Å². The van der Waals surface area contributed by atoms with Crippen molar-refractivity contribution in [3.8, 4) is 0 Å². The lowest BCUT2D eigenvalue weighted by Crippen LogP contribution is -2.13. The van der Waals surface area contributed by atoms with E-state index in [0.29, 0.717) is 5.82 Å². The van der Waals surface area contributed by atoms with Crippen LogP contribution < -0.4 is 11.0 Å². The Morgan fingerprint density at radius 2 is 2.12 bits per heavy atom. The van der Waals surface area contributed by atoms with Crippen molar-refractivity contribution in [1.82, 2.24) is 15.2 Å². The van der Waals surface area contributed by atoms with E-state index in [4.69, 9.17) is 0 Å². The van der Waals surface area contributed by atoms with Gasteiger partial charge in [-0.1, -0.05) is 12.1 Å². The first-order chi connectivity index (χ1) is 7.66. The van der Waals surface area contributed by atoms with Crippen molar-refractivity contribution in [3.05, 3.63) is 46.0 Å². The topological polar surface area (TPSA) is 70.7 Å². The maximum absolute atomic E-state index is 11.0. The van der Waals surface area contributed by atoms with E-state index in [-0.39, 0.29) is 0 Å². The van der Waals surface area contributed by atoms with E-state index in [1.165, 1.54) is 11.8 Å². The van der Waals surface area contributed by atoms with Gasteiger partial charge >= 0.3 is 5.69 Å². The highest BCUT2D eigenvalue weighted by Crippen LogP contribution is 2.20. The lowest BCUT2D eigenvalue weighted by atomic mass is 10.1. The molecule has 82 valence electrons. The summed E-state index contributed by atoms with van der Waals surface area (Å²) in [5.41, 5.74) is 2.78. The predicted molar refractivity (Wildman–Crippen MR) is 61.9 cm³/mol. The first-order valence-corrected chi connectivity index (χ1v) is 4.92. The molecule has 0 spiro atoms. The molecule has 0 aliphatic heterocycles. The summed E-state index contributed by atoms with van der Waals surface area (Å²) >= 11 is 0. The van der Waals surface area contributed by atoms with Crippen molar-refractivity contribution < 1.29 is 0 Å². The predicted octanol–water partition coefficient (Wildman–Crippen LogP) is 1.53. The van der Waals surface area contributed by atoms with E-state index in [1.807, 2.05) is 32.0 Å². The lowest BCUT2D eigenvalue weighted by molar-refractivity contribution is 0.918. The number of benzene rings is 1. The van der Waals surface area contributed by atoms with Crippen molar-refractivity contribution in [2.24, 2.45) is 0 Å². The average molecular weight is 216 g/mol. The molecule has 0 aliphatic carbocycles. The van der Waals surface area contributed by atoms with Crippen LogP contribution in [0.5, 0.6) is 0 Å². The van der Waals surface area contributed by atoms with Gasteiger partial charge < -0.3 is 5.32 Å². The standard InChI is InChI=1S/C11H12N4O/c1-7-4-3-5-9(8(7)2)13-10-6-12-15-11(16)14-10/h3-6H,1-2H3,(H2,13,14,15,16). The molecule has 0 atom stereocenters. The molecule has 1 aromatic heterocycles. The van der Waals surface area contributed by atoms with Crippen LogP contribution in [0.4, 0.5) is 11.5 Å². The van der Waals surface area contributed by atoms with Crippen LogP contribution in [-0.2, 0) is 0 Å². The Kier molecular flexibility index (Phi) is 2.68. The Labute approximate surface area is 92.6 Å². The summed E-state index contributed by atoms with van der Waals surface area (Å²) in [7, 11) is 0. The van der Waals surface area contributed by atoms with Gasteiger partial charge in [0.05, 0.1) is 6.20 Å². The Bertz CT molecular complexity index is 562. The highest BCUT2D eigenvalue weighted by molar-refractivity contribution is 5.61. The van der Waals surface area contributed by atoms with E-state index >= 15 is 0 Å². The fourth-order valence-corrected chi connectivity index (χ4v) is 1.40. The van der Waals surface area contributed by atoms with Gasteiger partial charge in [0.25, 0.3) is 0 Å². The largest absolute Gasteiger partial charge is 0.363 e. The van der Waals surface area contributed by atoms with Crippen molar-refractivity contribution in [2.45, 2.75) is 13.8 Å². The minimum Gasteiger partial charge on any atom is -0.338 e. The zero-order valence-corrected chi connectivity index (χ0v) is 9.11.